The third kappa shape index (κ3) is 4.98. The second kappa shape index (κ2) is 10.9. The Hall–Kier alpha value is -3.68. The van der Waals surface area contributed by atoms with Gasteiger partial charge in [-0.1, -0.05) is 13.3 Å². The molecule has 3 aromatic heterocycles. The van der Waals surface area contributed by atoms with Crippen molar-refractivity contribution >= 4 is 39.5 Å². The van der Waals surface area contributed by atoms with Crippen molar-refractivity contribution in [2.45, 2.75) is 58.4 Å². The van der Waals surface area contributed by atoms with Crippen molar-refractivity contribution in [3.05, 3.63) is 54.0 Å². The zero-order valence-corrected chi connectivity index (χ0v) is 21.0. The summed E-state index contributed by atoms with van der Waals surface area (Å²) in [5, 5.41) is 3.07. The van der Waals surface area contributed by atoms with Crippen molar-refractivity contribution in [1.82, 2.24) is 24.8 Å². The molecule has 36 heavy (non-hydrogen) atoms. The zero-order valence-electron chi connectivity index (χ0n) is 21.0. The number of aromatic nitrogens is 4. The largest absolute Gasteiger partial charge is 0.382 e. The topological polar surface area (TPSA) is 102 Å². The number of unbranched alkanes of at least 4 members (excludes halogenated alkanes) is 2. The van der Waals surface area contributed by atoms with Gasteiger partial charge in [-0.25, -0.2) is 9.97 Å². The number of pyridine rings is 2. The number of hydrogen-bond donors (Lipinski definition) is 2. The first-order valence-electron chi connectivity index (χ1n) is 13.2. The van der Waals surface area contributed by atoms with Crippen LogP contribution in [0.3, 0.4) is 0 Å². The number of imidazole rings is 1. The van der Waals surface area contributed by atoms with Gasteiger partial charge < -0.3 is 20.5 Å². The van der Waals surface area contributed by atoms with Crippen LogP contribution in [0.2, 0.25) is 0 Å². The minimum Gasteiger partial charge on any atom is -0.382 e. The highest BCUT2D eigenvalue weighted by atomic mass is 16.1. The molecule has 0 aliphatic carbocycles. The first-order valence-corrected chi connectivity index (χ1v) is 13.2. The zero-order chi connectivity index (χ0) is 24.9. The lowest BCUT2D eigenvalue weighted by Crippen LogP contribution is -2.25. The van der Waals surface area contributed by atoms with E-state index in [1.807, 2.05) is 24.3 Å². The van der Waals surface area contributed by atoms with Crippen molar-refractivity contribution in [2.24, 2.45) is 0 Å². The Morgan fingerprint density at radius 3 is 2.61 bits per heavy atom. The number of benzene rings is 1. The summed E-state index contributed by atoms with van der Waals surface area (Å²) in [5.74, 6) is 1.46. The molecule has 1 amide bonds. The van der Waals surface area contributed by atoms with E-state index in [2.05, 4.69) is 43.8 Å². The molecule has 1 fully saturated rings. The lowest BCUT2D eigenvalue weighted by atomic mass is 10.2. The molecule has 0 saturated carbocycles. The molecule has 0 radical (unpaired) electrons. The van der Waals surface area contributed by atoms with Gasteiger partial charge in [0.15, 0.2) is 5.82 Å². The fourth-order valence-corrected chi connectivity index (χ4v) is 5.03. The van der Waals surface area contributed by atoms with Gasteiger partial charge >= 0.3 is 0 Å². The van der Waals surface area contributed by atoms with Crippen LogP contribution in [0.5, 0.6) is 0 Å². The standard InChI is InChI=1S/C28H35N7O/c1-2-3-10-23-33-25-26(24-22(32-27(25)29)9-8-16-30-24)35(23)19-5-4-15-31-28(36)20-11-13-21(14-12-20)34-17-6-7-18-34/h8-9,11-14,16H,2-7,10,15,17-19H2,1H3,(H2,29,32)(H,31,36). The van der Waals surface area contributed by atoms with Crippen molar-refractivity contribution in [3.63, 3.8) is 0 Å². The van der Waals surface area contributed by atoms with Gasteiger partial charge in [0.2, 0.25) is 0 Å². The van der Waals surface area contributed by atoms with Crippen LogP contribution in [0, 0.1) is 0 Å². The van der Waals surface area contributed by atoms with Crippen LogP contribution in [-0.4, -0.2) is 45.1 Å². The molecular weight excluding hydrogens is 450 g/mol. The summed E-state index contributed by atoms with van der Waals surface area (Å²) in [7, 11) is 0. The first kappa shape index (κ1) is 24.0. The average molecular weight is 486 g/mol. The molecule has 0 atom stereocenters. The van der Waals surface area contributed by atoms with Gasteiger partial charge in [0.05, 0.1) is 5.52 Å². The van der Waals surface area contributed by atoms with E-state index in [9.17, 15) is 4.79 Å². The number of hydrogen-bond acceptors (Lipinski definition) is 6. The molecule has 188 valence electrons. The number of fused-ring (bicyclic) bond motifs is 3. The van der Waals surface area contributed by atoms with Crippen molar-refractivity contribution in [1.29, 1.82) is 0 Å². The molecule has 8 nitrogen and oxygen atoms in total. The summed E-state index contributed by atoms with van der Waals surface area (Å²) in [5.41, 5.74) is 11.5. The van der Waals surface area contributed by atoms with Crippen molar-refractivity contribution < 1.29 is 4.79 Å². The van der Waals surface area contributed by atoms with Crippen LogP contribution in [0.1, 0.15) is 61.6 Å². The van der Waals surface area contributed by atoms with Crippen molar-refractivity contribution in [2.75, 3.05) is 30.3 Å². The maximum Gasteiger partial charge on any atom is 0.251 e. The van der Waals surface area contributed by atoms with Gasteiger partial charge in [-0.2, -0.15) is 0 Å². The summed E-state index contributed by atoms with van der Waals surface area (Å²) in [4.78, 5) is 29.0. The number of nitrogens with two attached hydrogens (primary N) is 1. The van der Waals surface area contributed by atoms with E-state index in [0.717, 1.165) is 79.6 Å². The molecule has 1 aliphatic heterocycles. The second-order valence-electron chi connectivity index (χ2n) is 9.55. The smallest absolute Gasteiger partial charge is 0.251 e. The third-order valence-corrected chi connectivity index (χ3v) is 6.99. The summed E-state index contributed by atoms with van der Waals surface area (Å²) in [6.07, 6.45) is 9.11. The molecule has 0 bridgehead atoms. The number of anilines is 2. The van der Waals surface area contributed by atoms with Crippen LogP contribution in [-0.2, 0) is 13.0 Å². The summed E-state index contributed by atoms with van der Waals surface area (Å²) < 4.78 is 2.26. The van der Waals surface area contributed by atoms with Crippen LogP contribution < -0.4 is 16.0 Å². The molecule has 1 aromatic carbocycles. The molecule has 8 heteroatoms. The highest BCUT2D eigenvalue weighted by molar-refractivity contribution is 6.04. The van der Waals surface area contributed by atoms with Crippen LogP contribution in [0.4, 0.5) is 11.5 Å². The van der Waals surface area contributed by atoms with Gasteiger partial charge in [0, 0.05) is 50.0 Å². The SMILES string of the molecule is CCCCc1nc2c(N)nc3cccnc3c2n1CCCCNC(=O)c1ccc(N2CCCC2)cc1. The fraction of sp³-hybridized carbons (Fsp3) is 0.429. The lowest BCUT2D eigenvalue weighted by Gasteiger charge is -2.17. The van der Waals surface area contributed by atoms with E-state index < -0.39 is 0 Å². The molecule has 5 rings (SSSR count). The average Bonchev–Trinajstić information content (AvgIpc) is 3.56. The van der Waals surface area contributed by atoms with Crippen molar-refractivity contribution in [3.8, 4) is 0 Å². The first-order chi connectivity index (χ1) is 17.7. The monoisotopic (exact) mass is 485 g/mol. The fourth-order valence-electron chi connectivity index (χ4n) is 5.03. The molecule has 3 N–H and O–H groups in total. The highest BCUT2D eigenvalue weighted by Crippen LogP contribution is 2.28. The second-order valence-corrected chi connectivity index (χ2v) is 9.55. The Bertz CT molecular complexity index is 1340. The van der Waals surface area contributed by atoms with E-state index in [1.54, 1.807) is 6.20 Å². The summed E-state index contributed by atoms with van der Waals surface area (Å²) in [6.45, 7) is 5.82. The Morgan fingerprint density at radius 2 is 1.83 bits per heavy atom. The van der Waals surface area contributed by atoms with E-state index in [0.29, 0.717) is 17.9 Å². The molecular formula is C28H35N7O. The summed E-state index contributed by atoms with van der Waals surface area (Å²) >= 11 is 0. The Kier molecular flexibility index (Phi) is 7.30. The minimum atomic E-state index is -0.0197. The number of nitrogens with one attached hydrogen (secondary N) is 1. The predicted octanol–water partition coefficient (Wildman–Crippen LogP) is 4.71. The van der Waals surface area contributed by atoms with Crippen LogP contribution in [0.15, 0.2) is 42.6 Å². The number of nitrogens with zero attached hydrogens (tertiary/aromatic N) is 5. The molecule has 1 aliphatic rings. The van der Waals surface area contributed by atoms with Crippen LogP contribution in [0.25, 0.3) is 22.1 Å². The van der Waals surface area contributed by atoms with Gasteiger partial charge in [0.25, 0.3) is 5.91 Å². The normalized spacial score (nSPS) is 13.6. The lowest BCUT2D eigenvalue weighted by molar-refractivity contribution is 0.0953. The molecule has 4 aromatic rings. The number of aryl methyl sites for hydroxylation is 2. The van der Waals surface area contributed by atoms with E-state index >= 15 is 0 Å². The van der Waals surface area contributed by atoms with Gasteiger partial charge in [0.1, 0.15) is 22.4 Å². The van der Waals surface area contributed by atoms with Gasteiger partial charge in [-0.3, -0.25) is 9.78 Å². The minimum absolute atomic E-state index is 0.0197. The van der Waals surface area contributed by atoms with Crippen LogP contribution >= 0.6 is 0 Å². The third-order valence-electron chi connectivity index (χ3n) is 6.99. The molecule has 4 heterocycles. The number of carbonyl (C=O) groups is 1. The summed E-state index contributed by atoms with van der Waals surface area (Å²) in [6, 6.07) is 11.8. The number of carbonyl (C=O) groups excluding carboxylic acids is 1. The molecule has 0 unspecified atom stereocenters. The number of rotatable bonds is 10. The van der Waals surface area contributed by atoms with E-state index in [-0.39, 0.29) is 5.91 Å². The maximum absolute atomic E-state index is 12.6. The van der Waals surface area contributed by atoms with Gasteiger partial charge in [-0.05, 0) is 68.5 Å². The van der Waals surface area contributed by atoms with E-state index in [4.69, 9.17) is 10.7 Å². The molecule has 0 spiro atoms. The highest BCUT2D eigenvalue weighted by Gasteiger charge is 2.18. The quantitative estimate of drug-likeness (QED) is 0.315. The van der Waals surface area contributed by atoms with E-state index in [1.165, 1.54) is 18.5 Å². The predicted molar refractivity (Wildman–Crippen MR) is 145 cm³/mol. The van der Waals surface area contributed by atoms with Gasteiger partial charge in [-0.15, -0.1) is 0 Å². The number of amides is 1. The maximum atomic E-state index is 12.6. The Labute approximate surface area is 211 Å². The Morgan fingerprint density at radius 1 is 1.03 bits per heavy atom. The molecule has 1 saturated heterocycles. The Balaban J connectivity index is 1.23. The number of nitrogen functional groups attached to an aromatic ring is 1.